The molecule has 1 aliphatic carbocycles. The Morgan fingerprint density at radius 3 is 3.08 bits per heavy atom. The summed E-state index contributed by atoms with van der Waals surface area (Å²) in [6.07, 6.45) is 2.99. The van der Waals surface area contributed by atoms with Gasteiger partial charge in [-0.3, -0.25) is 4.79 Å². The number of carbonyl (C=O) groups excluding carboxylic acids is 1. The Balaban J connectivity index is 2.29. The van der Waals surface area contributed by atoms with Crippen LogP contribution in [0, 0.1) is 17.2 Å². The molecule has 0 aromatic carbocycles. The van der Waals surface area contributed by atoms with Crippen molar-refractivity contribution in [1.82, 2.24) is 5.32 Å². The molecule has 2 unspecified atom stereocenters. The minimum absolute atomic E-state index is 0.0599. The highest BCUT2D eigenvalue weighted by molar-refractivity contribution is 5.71. The smallest absolute Gasteiger partial charge is 0.319 e. The number of carbonyl (C=O) groups is 1. The Labute approximate surface area is 77.9 Å². The quantitative estimate of drug-likeness (QED) is 0.643. The Morgan fingerprint density at radius 1 is 1.69 bits per heavy atom. The zero-order valence-corrected chi connectivity index (χ0v) is 7.75. The maximum atomic E-state index is 10.8. The predicted octanol–water partition coefficient (Wildman–Crippen LogP) is 0.441. The fourth-order valence-corrected chi connectivity index (χ4v) is 1.65. The first-order chi connectivity index (χ1) is 6.27. The van der Waals surface area contributed by atoms with Gasteiger partial charge in [0.15, 0.2) is 0 Å². The van der Waals surface area contributed by atoms with Crippen LogP contribution in [0.1, 0.15) is 19.3 Å². The number of hydrogen-bond acceptors (Lipinski definition) is 4. The molecule has 0 heterocycles. The average molecular weight is 182 g/mol. The van der Waals surface area contributed by atoms with E-state index in [0.717, 1.165) is 19.3 Å². The molecule has 0 aliphatic heterocycles. The molecule has 0 bridgehead atoms. The van der Waals surface area contributed by atoms with Gasteiger partial charge in [0.05, 0.1) is 25.6 Å². The molecular weight excluding hydrogens is 168 g/mol. The van der Waals surface area contributed by atoms with Gasteiger partial charge in [-0.1, -0.05) is 6.42 Å². The third-order valence-corrected chi connectivity index (χ3v) is 2.42. The van der Waals surface area contributed by atoms with E-state index in [1.807, 2.05) is 0 Å². The van der Waals surface area contributed by atoms with Gasteiger partial charge in [-0.2, -0.15) is 5.26 Å². The molecule has 1 rings (SSSR count). The summed E-state index contributed by atoms with van der Waals surface area (Å²) in [4.78, 5) is 10.8. The van der Waals surface area contributed by atoms with E-state index in [0.29, 0.717) is 0 Å². The lowest BCUT2D eigenvalue weighted by Crippen LogP contribution is -2.36. The van der Waals surface area contributed by atoms with Crippen molar-refractivity contribution in [2.24, 2.45) is 5.92 Å². The summed E-state index contributed by atoms with van der Waals surface area (Å²) < 4.78 is 4.49. The molecule has 72 valence electrons. The van der Waals surface area contributed by atoms with E-state index in [9.17, 15) is 4.79 Å². The van der Waals surface area contributed by atoms with Crippen LogP contribution in [0.4, 0.5) is 0 Å². The Kier molecular flexibility index (Phi) is 3.71. The van der Waals surface area contributed by atoms with Crippen LogP contribution in [-0.4, -0.2) is 25.7 Å². The lowest BCUT2D eigenvalue weighted by Gasteiger charge is -2.13. The fourth-order valence-electron chi connectivity index (χ4n) is 1.65. The van der Waals surface area contributed by atoms with Gasteiger partial charge < -0.3 is 10.1 Å². The van der Waals surface area contributed by atoms with Crippen molar-refractivity contribution in [2.45, 2.75) is 25.3 Å². The maximum Gasteiger partial charge on any atom is 0.319 e. The summed E-state index contributed by atoms with van der Waals surface area (Å²) in [5.41, 5.74) is 0. The van der Waals surface area contributed by atoms with E-state index in [1.165, 1.54) is 7.11 Å². The van der Waals surface area contributed by atoms with Crippen molar-refractivity contribution in [2.75, 3.05) is 13.7 Å². The number of nitrogens with zero attached hydrogens (tertiary/aromatic N) is 1. The number of methoxy groups -OCH3 is 1. The molecule has 0 aromatic heterocycles. The number of rotatable bonds is 3. The summed E-state index contributed by atoms with van der Waals surface area (Å²) >= 11 is 0. The lowest BCUT2D eigenvalue weighted by atomic mass is 10.1. The topological polar surface area (TPSA) is 62.1 Å². The van der Waals surface area contributed by atoms with Gasteiger partial charge >= 0.3 is 5.97 Å². The first kappa shape index (κ1) is 10.0. The molecule has 1 saturated carbocycles. The molecule has 4 heteroatoms. The molecule has 0 amide bonds. The molecule has 1 fully saturated rings. The normalized spacial score (nSPS) is 26.8. The van der Waals surface area contributed by atoms with E-state index >= 15 is 0 Å². The van der Waals surface area contributed by atoms with Crippen LogP contribution in [0.25, 0.3) is 0 Å². The number of esters is 1. The van der Waals surface area contributed by atoms with Gasteiger partial charge in [0.1, 0.15) is 0 Å². The van der Waals surface area contributed by atoms with Gasteiger partial charge in [0, 0.05) is 6.04 Å². The zero-order valence-electron chi connectivity index (χ0n) is 7.75. The number of nitrogens with one attached hydrogen (secondary N) is 1. The predicted molar refractivity (Wildman–Crippen MR) is 46.8 cm³/mol. The summed E-state index contributed by atoms with van der Waals surface area (Å²) in [5.74, 6) is -0.215. The van der Waals surface area contributed by atoms with Crippen LogP contribution in [0.15, 0.2) is 0 Å². The summed E-state index contributed by atoms with van der Waals surface area (Å²) in [6.45, 7) is 0.208. The standard InChI is InChI=1S/C9H14N2O2/c1-13-9(12)6-11-8-4-2-3-7(8)5-10/h7-8,11H,2-4,6H2,1H3. The van der Waals surface area contributed by atoms with Gasteiger partial charge in [-0.15, -0.1) is 0 Å². The maximum absolute atomic E-state index is 10.8. The second kappa shape index (κ2) is 4.83. The molecular formula is C9H14N2O2. The average Bonchev–Trinajstić information content (AvgIpc) is 2.61. The SMILES string of the molecule is COC(=O)CNC1CCCC1C#N. The minimum atomic E-state index is -0.274. The van der Waals surface area contributed by atoms with Crippen molar-refractivity contribution in [1.29, 1.82) is 5.26 Å². The molecule has 0 aromatic rings. The van der Waals surface area contributed by atoms with Crippen LogP contribution in [0.2, 0.25) is 0 Å². The number of nitriles is 1. The van der Waals surface area contributed by atoms with Crippen LogP contribution in [0.3, 0.4) is 0 Å². The van der Waals surface area contributed by atoms with Crippen molar-refractivity contribution >= 4 is 5.97 Å². The summed E-state index contributed by atoms with van der Waals surface area (Å²) in [6, 6.07) is 2.41. The van der Waals surface area contributed by atoms with Crippen molar-refractivity contribution in [3.8, 4) is 6.07 Å². The van der Waals surface area contributed by atoms with E-state index in [4.69, 9.17) is 5.26 Å². The van der Waals surface area contributed by atoms with E-state index in [-0.39, 0.29) is 24.5 Å². The highest BCUT2D eigenvalue weighted by atomic mass is 16.5. The lowest BCUT2D eigenvalue weighted by molar-refractivity contribution is -0.139. The Bertz CT molecular complexity index is 222. The number of hydrogen-bond donors (Lipinski definition) is 1. The van der Waals surface area contributed by atoms with Crippen molar-refractivity contribution in [3.05, 3.63) is 0 Å². The minimum Gasteiger partial charge on any atom is -0.468 e. The van der Waals surface area contributed by atoms with Crippen LogP contribution in [-0.2, 0) is 9.53 Å². The fraction of sp³-hybridized carbons (Fsp3) is 0.778. The number of ether oxygens (including phenoxy) is 1. The van der Waals surface area contributed by atoms with Gasteiger partial charge in [-0.05, 0) is 12.8 Å². The van der Waals surface area contributed by atoms with Gasteiger partial charge in [0.2, 0.25) is 0 Å². The van der Waals surface area contributed by atoms with Crippen molar-refractivity contribution in [3.63, 3.8) is 0 Å². The van der Waals surface area contributed by atoms with E-state index < -0.39 is 0 Å². The molecule has 1 N–H and O–H groups in total. The van der Waals surface area contributed by atoms with Gasteiger partial charge in [-0.25, -0.2) is 0 Å². The van der Waals surface area contributed by atoms with E-state index in [2.05, 4.69) is 16.1 Å². The molecule has 2 atom stereocenters. The second-order valence-electron chi connectivity index (χ2n) is 3.23. The zero-order chi connectivity index (χ0) is 9.68. The van der Waals surface area contributed by atoms with Crippen LogP contribution < -0.4 is 5.32 Å². The Hall–Kier alpha value is -1.08. The van der Waals surface area contributed by atoms with Crippen molar-refractivity contribution < 1.29 is 9.53 Å². The first-order valence-electron chi connectivity index (χ1n) is 4.47. The molecule has 0 radical (unpaired) electrons. The summed E-state index contributed by atoms with van der Waals surface area (Å²) in [7, 11) is 1.36. The molecule has 0 spiro atoms. The van der Waals surface area contributed by atoms with Crippen LogP contribution in [0.5, 0.6) is 0 Å². The first-order valence-corrected chi connectivity index (χ1v) is 4.47. The highest BCUT2D eigenvalue weighted by Crippen LogP contribution is 2.24. The Morgan fingerprint density at radius 2 is 2.46 bits per heavy atom. The van der Waals surface area contributed by atoms with Crippen LogP contribution >= 0.6 is 0 Å². The molecule has 13 heavy (non-hydrogen) atoms. The molecule has 0 saturated heterocycles. The second-order valence-corrected chi connectivity index (χ2v) is 3.23. The largest absolute Gasteiger partial charge is 0.468 e. The third-order valence-electron chi connectivity index (χ3n) is 2.42. The van der Waals surface area contributed by atoms with Gasteiger partial charge in [0.25, 0.3) is 0 Å². The molecule has 1 aliphatic rings. The highest BCUT2D eigenvalue weighted by Gasteiger charge is 2.26. The third kappa shape index (κ3) is 2.71. The monoisotopic (exact) mass is 182 g/mol. The summed E-state index contributed by atoms with van der Waals surface area (Å²) in [5, 5.41) is 11.8. The van der Waals surface area contributed by atoms with E-state index in [1.54, 1.807) is 0 Å². The molecule has 4 nitrogen and oxygen atoms in total.